The summed E-state index contributed by atoms with van der Waals surface area (Å²) in [4.78, 5) is 29.8. The molecule has 2 heterocycles. The Morgan fingerprint density at radius 1 is 0.857 bits per heavy atom. The first-order valence-electron chi connectivity index (χ1n) is 10.0. The van der Waals surface area contributed by atoms with Gasteiger partial charge in [-0.3, -0.25) is 9.59 Å². The van der Waals surface area contributed by atoms with Gasteiger partial charge in [0.1, 0.15) is 6.04 Å². The first kappa shape index (κ1) is 19.2. The van der Waals surface area contributed by atoms with E-state index < -0.39 is 0 Å². The molecule has 2 aliphatic heterocycles. The van der Waals surface area contributed by atoms with Gasteiger partial charge in [0.2, 0.25) is 5.91 Å². The molecule has 0 spiro atoms. The molecule has 2 saturated heterocycles. The molecule has 0 N–H and O–H groups in total. The Labute approximate surface area is 174 Å². The summed E-state index contributed by atoms with van der Waals surface area (Å²) in [6, 6.07) is 17.6. The number of benzene rings is 2. The minimum Gasteiger partial charge on any atom is -0.341 e. The maximum atomic E-state index is 13.2. The van der Waals surface area contributed by atoms with Crippen LogP contribution in [0.15, 0.2) is 59.1 Å². The monoisotopic (exact) mass is 440 g/mol. The van der Waals surface area contributed by atoms with Gasteiger partial charge in [0.25, 0.3) is 5.91 Å². The van der Waals surface area contributed by atoms with E-state index in [0.717, 1.165) is 43.2 Å². The molecule has 0 aliphatic carbocycles. The van der Waals surface area contributed by atoms with Crippen molar-refractivity contribution in [1.82, 2.24) is 9.80 Å². The highest BCUT2D eigenvalue weighted by Gasteiger charge is 2.37. The van der Waals surface area contributed by atoms with Crippen molar-refractivity contribution >= 4 is 27.7 Å². The molecule has 2 aromatic rings. The zero-order chi connectivity index (χ0) is 19.5. The minimum atomic E-state index is -0.315. The molecule has 2 amide bonds. The molecule has 1 atom stereocenters. The van der Waals surface area contributed by atoms with E-state index in [2.05, 4.69) is 40.2 Å². The number of piperidine rings is 1. The van der Waals surface area contributed by atoms with Crippen LogP contribution in [0.5, 0.6) is 0 Å². The van der Waals surface area contributed by atoms with Crippen molar-refractivity contribution in [2.24, 2.45) is 0 Å². The van der Waals surface area contributed by atoms with Crippen molar-refractivity contribution in [2.75, 3.05) is 19.6 Å². The molecular weight excluding hydrogens is 416 g/mol. The van der Waals surface area contributed by atoms with Crippen LogP contribution in [0.4, 0.5) is 0 Å². The summed E-state index contributed by atoms with van der Waals surface area (Å²) in [6.45, 7) is 2.20. The third kappa shape index (κ3) is 4.00. The third-order valence-electron chi connectivity index (χ3n) is 5.97. The van der Waals surface area contributed by atoms with E-state index >= 15 is 0 Å². The lowest BCUT2D eigenvalue weighted by Crippen LogP contribution is -2.49. The standard InChI is InChI=1S/C23H25BrN2O2/c24-20-10-8-19(9-11-20)22(27)26-14-4-7-21(26)23(28)25-15-12-18(13-16-25)17-5-2-1-3-6-17/h1-3,5-6,8-11,18,21H,4,7,12-16H2. The number of carbonyl (C=O) groups excluding carboxylic acids is 2. The van der Waals surface area contributed by atoms with Crippen LogP contribution >= 0.6 is 15.9 Å². The van der Waals surface area contributed by atoms with Crippen LogP contribution in [-0.4, -0.2) is 47.3 Å². The van der Waals surface area contributed by atoms with Gasteiger partial charge in [-0.05, 0) is 61.4 Å². The summed E-state index contributed by atoms with van der Waals surface area (Å²) in [6.07, 6.45) is 3.63. The second kappa shape index (κ2) is 8.48. The summed E-state index contributed by atoms with van der Waals surface area (Å²) in [5, 5.41) is 0. The average Bonchev–Trinajstić information content (AvgIpc) is 3.24. The molecule has 0 saturated carbocycles. The second-order valence-corrected chi connectivity index (χ2v) is 8.59. The molecule has 0 radical (unpaired) electrons. The van der Waals surface area contributed by atoms with E-state index in [1.165, 1.54) is 5.56 Å². The molecule has 2 fully saturated rings. The molecule has 4 nitrogen and oxygen atoms in total. The van der Waals surface area contributed by atoms with Crippen molar-refractivity contribution in [3.63, 3.8) is 0 Å². The van der Waals surface area contributed by atoms with Gasteiger partial charge in [0.15, 0.2) is 0 Å². The third-order valence-corrected chi connectivity index (χ3v) is 6.50. The highest BCUT2D eigenvalue weighted by Crippen LogP contribution is 2.30. The van der Waals surface area contributed by atoms with Crippen LogP contribution in [0.3, 0.4) is 0 Å². The topological polar surface area (TPSA) is 40.6 Å². The number of hydrogen-bond donors (Lipinski definition) is 0. The predicted molar refractivity (Wildman–Crippen MR) is 113 cm³/mol. The van der Waals surface area contributed by atoms with Crippen LogP contribution in [0, 0.1) is 0 Å². The van der Waals surface area contributed by atoms with E-state index in [-0.39, 0.29) is 17.9 Å². The second-order valence-electron chi connectivity index (χ2n) is 7.67. The summed E-state index contributed by atoms with van der Waals surface area (Å²) in [7, 11) is 0. The Morgan fingerprint density at radius 2 is 1.54 bits per heavy atom. The van der Waals surface area contributed by atoms with Gasteiger partial charge >= 0.3 is 0 Å². The van der Waals surface area contributed by atoms with E-state index in [0.29, 0.717) is 18.0 Å². The predicted octanol–water partition coefficient (Wildman–Crippen LogP) is 4.46. The maximum absolute atomic E-state index is 13.2. The van der Waals surface area contributed by atoms with Gasteiger partial charge in [-0.15, -0.1) is 0 Å². The zero-order valence-corrected chi connectivity index (χ0v) is 17.5. The fourth-order valence-electron chi connectivity index (χ4n) is 4.39. The minimum absolute atomic E-state index is 0.0393. The van der Waals surface area contributed by atoms with Gasteiger partial charge < -0.3 is 9.80 Å². The average molecular weight is 441 g/mol. The lowest BCUT2D eigenvalue weighted by atomic mass is 9.89. The number of rotatable bonds is 3. The molecule has 2 aromatic carbocycles. The van der Waals surface area contributed by atoms with Crippen molar-refractivity contribution in [3.05, 3.63) is 70.2 Å². The van der Waals surface area contributed by atoms with Crippen molar-refractivity contribution < 1.29 is 9.59 Å². The Balaban J connectivity index is 1.40. The number of halogens is 1. The molecular formula is C23H25BrN2O2. The number of nitrogens with zero attached hydrogens (tertiary/aromatic N) is 2. The number of hydrogen-bond acceptors (Lipinski definition) is 2. The number of amides is 2. The fourth-order valence-corrected chi connectivity index (χ4v) is 4.66. The molecule has 146 valence electrons. The molecule has 1 unspecified atom stereocenters. The molecule has 5 heteroatoms. The molecule has 28 heavy (non-hydrogen) atoms. The highest BCUT2D eigenvalue weighted by atomic mass is 79.9. The summed E-state index contributed by atoms with van der Waals surface area (Å²) >= 11 is 3.40. The van der Waals surface area contributed by atoms with Gasteiger partial charge in [-0.2, -0.15) is 0 Å². The van der Waals surface area contributed by atoms with Gasteiger partial charge in [0.05, 0.1) is 0 Å². The highest BCUT2D eigenvalue weighted by molar-refractivity contribution is 9.10. The van der Waals surface area contributed by atoms with Crippen LogP contribution in [0.1, 0.15) is 47.5 Å². The molecule has 0 bridgehead atoms. The Kier molecular flexibility index (Phi) is 5.81. The smallest absolute Gasteiger partial charge is 0.254 e. The van der Waals surface area contributed by atoms with Gasteiger partial charge in [-0.1, -0.05) is 46.3 Å². The number of likely N-dealkylation sites (tertiary alicyclic amines) is 2. The van der Waals surface area contributed by atoms with Crippen LogP contribution in [0.25, 0.3) is 0 Å². The number of carbonyl (C=O) groups is 2. The largest absolute Gasteiger partial charge is 0.341 e. The quantitative estimate of drug-likeness (QED) is 0.706. The first-order chi connectivity index (χ1) is 13.6. The lowest BCUT2D eigenvalue weighted by Gasteiger charge is -2.35. The van der Waals surface area contributed by atoms with Crippen molar-refractivity contribution in [1.29, 1.82) is 0 Å². The van der Waals surface area contributed by atoms with Crippen molar-refractivity contribution in [3.8, 4) is 0 Å². The summed E-state index contributed by atoms with van der Waals surface area (Å²) < 4.78 is 0.944. The van der Waals surface area contributed by atoms with Gasteiger partial charge in [0, 0.05) is 29.7 Å². The fraction of sp³-hybridized carbons (Fsp3) is 0.391. The lowest BCUT2D eigenvalue weighted by molar-refractivity contribution is -0.136. The zero-order valence-electron chi connectivity index (χ0n) is 15.9. The van der Waals surface area contributed by atoms with Crippen LogP contribution < -0.4 is 0 Å². The van der Waals surface area contributed by atoms with Gasteiger partial charge in [-0.25, -0.2) is 0 Å². The van der Waals surface area contributed by atoms with E-state index in [1.807, 2.05) is 35.2 Å². The van der Waals surface area contributed by atoms with Crippen LogP contribution in [-0.2, 0) is 4.79 Å². The Morgan fingerprint density at radius 3 is 2.21 bits per heavy atom. The molecule has 0 aromatic heterocycles. The van der Waals surface area contributed by atoms with E-state index in [4.69, 9.17) is 0 Å². The summed E-state index contributed by atoms with van der Waals surface area (Å²) in [5.41, 5.74) is 2.01. The Bertz CT molecular complexity index is 829. The van der Waals surface area contributed by atoms with E-state index in [1.54, 1.807) is 4.90 Å². The maximum Gasteiger partial charge on any atom is 0.254 e. The first-order valence-corrected chi connectivity index (χ1v) is 10.8. The Hall–Kier alpha value is -2.14. The van der Waals surface area contributed by atoms with E-state index in [9.17, 15) is 9.59 Å². The van der Waals surface area contributed by atoms with Crippen molar-refractivity contribution in [2.45, 2.75) is 37.6 Å². The summed E-state index contributed by atoms with van der Waals surface area (Å²) in [5.74, 6) is 0.603. The molecule has 2 aliphatic rings. The SMILES string of the molecule is O=C(C1CCCN1C(=O)c1ccc(Br)cc1)N1CCC(c2ccccc2)CC1. The van der Waals surface area contributed by atoms with Crippen LogP contribution in [0.2, 0.25) is 0 Å². The normalized spacial score (nSPS) is 20.4. The molecule has 4 rings (SSSR count).